The lowest BCUT2D eigenvalue weighted by molar-refractivity contribution is 0.0708. The summed E-state index contributed by atoms with van der Waals surface area (Å²) in [6.07, 6.45) is 1.80. The average Bonchev–Trinajstić information content (AvgIpc) is 2.59. The van der Waals surface area contributed by atoms with E-state index in [2.05, 4.69) is 15.9 Å². The largest absolute Gasteiger partial charge is 0.465 e. The predicted octanol–water partition coefficient (Wildman–Crippen LogP) is 2.75. The molecule has 1 rings (SSSR count). The molecule has 0 saturated heterocycles. The monoisotopic (exact) mass is 262 g/mol. The van der Waals surface area contributed by atoms with Crippen LogP contribution >= 0.6 is 15.9 Å². The summed E-state index contributed by atoms with van der Waals surface area (Å²) < 4.78 is 11.0. The van der Waals surface area contributed by atoms with E-state index >= 15 is 0 Å². The number of ether oxygens (including phenoxy) is 1. The van der Waals surface area contributed by atoms with E-state index in [4.69, 9.17) is 9.15 Å². The van der Waals surface area contributed by atoms with Gasteiger partial charge in [-0.3, -0.25) is 0 Å². The van der Waals surface area contributed by atoms with Crippen LogP contribution in [0.4, 0.5) is 0 Å². The molecular formula is C10H15BrO3. The minimum atomic E-state index is -0.575. The van der Waals surface area contributed by atoms with E-state index in [1.165, 1.54) is 0 Å². The zero-order valence-corrected chi connectivity index (χ0v) is 9.95. The standard InChI is InChI=1S/C10H15BrO3/c1-7(3-5-13-2)9(12)10-8(11)4-6-14-10/h4,6-7,9,12H,3,5H2,1-2H3. The van der Waals surface area contributed by atoms with Crippen LogP contribution in [-0.2, 0) is 4.74 Å². The van der Waals surface area contributed by atoms with E-state index in [1.807, 2.05) is 6.92 Å². The van der Waals surface area contributed by atoms with Crippen molar-refractivity contribution in [2.45, 2.75) is 19.4 Å². The minimum absolute atomic E-state index is 0.123. The molecule has 0 aliphatic heterocycles. The van der Waals surface area contributed by atoms with Crippen LogP contribution in [0.1, 0.15) is 25.2 Å². The number of furan rings is 1. The van der Waals surface area contributed by atoms with E-state index < -0.39 is 6.10 Å². The van der Waals surface area contributed by atoms with Gasteiger partial charge in [-0.15, -0.1) is 0 Å². The first-order chi connectivity index (χ1) is 6.66. The van der Waals surface area contributed by atoms with Crippen molar-refractivity contribution in [1.82, 2.24) is 0 Å². The molecule has 0 aliphatic carbocycles. The Bertz CT molecular complexity index is 272. The third-order valence-electron chi connectivity index (χ3n) is 2.23. The molecular weight excluding hydrogens is 248 g/mol. The Morgan fingerprint density at radius 2 is 2.36 bits per heavy atom. The van der Waals surface area contributed by atoms with Crippen molar-refractivity contribution in [3.05, 3.63) is 22.6 Å². The van der Waals surface area contributed by atoms with Crippen molar-refractivity contribution in [1.29, 1.82) is 0 Å². The van der Waals surface area contributed by atoms with Crippen LogP contribution in [-0.4, -0.2) is 18.8 Å². The summed E-state index contributed by atoms with van der Waals surface area (Å²) in [6.45, 7) is 2.62. The maximum Gasteiger partial charge on any atom is 0.146 e. The van der Waals surface area contributed by atoms with Gasteiger partial charge in [0, 0.05) is 13.7 Å². The summed E-state index contributed by atoms with van der Waals surface area (Å²) in [7, 11) is 1.65. The quantitative estimate of drug-likeness (QED) is 0.888. The summed E-state index contributed by atoms with van der Waals surface area (Å²) in [5, 5.41) is 9.91. The zero-order valence-electron chi connectivity index (χ0n) is 8.37. The summed E-state index contributed by atoms with van der Waals surface area (Å²) in [6, 6.07) is 1.78. The normalized spacial score (nSPS) is 15.4. The number of aliphatic hydroxyl groups excluding tert-OH is 1. The first-order valence-corrected chi connectivity index (χ1v) is 5.36. The highest BCUT2D eigenvalue weighted by atomic mass is 79.9. The molecule has 2 atom stereocenters. The van der Waals surface area contributed by atoms with Crippen molar-refractivity contribution < 1.29 is 14.3 Å². The summed E-state index contributed by atoms with van der Waals surface area (Å²) in [5.41, 5.74) is 0. The Morgan fingerprint density at radius 3 is 2.86 bits per heavy atom. The van der Waals surface area contributed by atoms with Crippen molar-refractivity contribution in [3.63, 3.8) is 0 Å². The smallest absolute Gasteiger partial charge is 0.146 e. The van der Waals surface area contributed by atoms with Gasteiger partial charge in [-0.1, -0.05) is 6.92 Å². The van der Waals surface area contributed by atoms with Gasteiger partial charge >= 0.3 is 0 Å². The second-order valence-electron chi connectivity index (χ2n) is 3.34. The van der Waals surface area contributed by atoms with E-state index in [0.29, 0.717) is 12.4 Å². The summed E-state index contributed by atoms with van der Waals surface area (Å²) in [5.74, 6) is 0.714. The number of halogens is 1. The summed E-state index contributed by atoms with van der Waals surface area (Å²) >= 11 is 3.32. The molecule has 80 valence electrons. The molecule has 0 bridgehead atoms. The highest BCUT2D eigenvalue weighted by Crippen LogP contribution is 2.30. The number of hydrogen-bond donors (Lipinski definition) is 1. The van der Waals surface area contributed by atoms with Crippen LogP contribution < -0.4 is 0 Å². The summed E-state index contributed by atoms with van der Waals surface area (Å²) in [4.78, 5) is 0. The first-order valence-electron chi connectivity index (χ1n) is 4.56. The van der Waals surface area contributed by atoms with Gasteiger partial charge in [-0.05, 0) is 34.3 Å². The Labute approximate surface area is 92.2 Å². The SMILES string of the molecule is COCCC(C)C(O)c1occc1Br. The third kappa shape index (κ3) is 2.83. The Hall–Kier alpha value is -0.320. The Balaban J connectivity index is 2.56. The molecule has 0 aliphatic rings. The van der Waals surface area contributed by atoms with Gasteiger partial charge in [-0.2, -0.15) is 0 Å². The molecule has 1 N–H and O–H groups in total. The predicted molar refractivity (Wildman–Crippen MR) is 57.0 cm³/mol. The van der Waals surface area contributed by atoms with Gasteiger partial charge in [0.1, 0.15) is 11.9 Å². The van der Waals surface area contributed by atoms with E-state index in [9.17, 15) is 5.11 Å². The van der Waals surface area contributed by atoms with E-state index in [0.717, 1.165) is 10.9 Å². The van der Waals surface area contributed by atoms with Gasteiger partial charge in [0.25, 0.3) is 0 Å². The number of hydrogen-bond acceptors (Lipinski definition) is 3. The zero-order chi connectivity index (χ0) is 10.6. The fourth-order valence-electron chi connectivity index (χ4n) is 1.24. The molecule has 0 saturated carbocycles. The lowest BCUT2D eigenvalue weighted by atomic mass is 9.99. The topological polar surface area (TPSA) is 42.6 Å². The fraction of sp³-hybridized carbons (Fsp3) is 0.600. The molecule has 0 radical (unpaired) electrons. The molecule has 1 heterocycles. The molecule has 4 heteroatoms. The Kier molecular flexibility index (Phi) is 4.65. The second kappa shape index (κ2) is 5.53. The molecule has 2 unspecified atom stereocenters. The third-order valence-corrected chi connectivity index (χ3v) is 2.88. The van der Waals surface area contributed by atoms with Gasteiger partial charge in [-0.25, -0.2) is 0 Å². The number of methoxy groups -OCH3 is 1. The molecule has 0 aromatic carbocycles. The van der Waals surface area contributed by atoms with Crippen LogP contribution in [0.3, 0.4) is 0 Å². The molecule has 0 fully saturated rings. The number of rotatable bonds is 5. The lowest BCUT2D eigenvalue weighted by Gasteiger charge is -2.16. The lowest BCUT2D eigenvalue weighted by Crippen LogP contribution is -2.11. The van der Waals surface area contributed by atoms with Crippen LogP contribution in [0.15, 0.2) is 21.2 Å². The highest BCUT2D eigenvalue weighted by Gasteiger charge is 2.21. The average molecular weight is 263 g/mol. The van der Waals surface area contributed by atoms with Gasteiger partial charge in [0.15, 0.2) is 0 Å². The Morgan fingerprint density at radius 1 is 1.64 bits per heavy atom. The highest BCUT2D eigenvalue weighted by molar-refractivity contribution is 9.10. The minimum Gasteiger partial charge on any atom is -0.465 e. The molecule has 1 aromatic rings. The van der Waals surface area contributed by atoms with E-state index in [-0.39, 0.29) is 5.92 Å². The van der Waals surface area contributed by atoms with E-state index in [1.54, 1.807) is 19.4 Å². The van der Waals surface area contributed by atoms with Gasteiger partial charge in [0.2, 0.25) is 0 Å². The molecule has 0 amide bonds. The van der Waals surface area contributed by atoms with Crippen LogP contribution in [0.25, 0.3) is 0 Å². The van der Waals surface area contributed by atoms with Crippen molar-refractivity contribution in [3.8, 4) is 0 Å². The van der Waals surface area contributed by atoms with Crippen LogP contribution in [0.2, 0.25) is 0 Å². The second-order valence-corrected chi connectivity index (χ2v) is 4.19. The fourth-order valence-corrected chi connectivity index (χ4v) is 1.67. The van der Waals surface area contributed by atoms with Crippen LogP contribution in [0, 0.1) is 5.92 Å². The molecule has 3 nitrogen and oxygen atoms in total. The number of aliphatic hydroxyl groups is 1. The maximum atomic E-state index is 9.91. The van der Waals surface area contributed by atoms with Crippen molar-refractivity contribution >= 4 is 15.9 Å². The molecule has 0 spiro atoms. The van der Waals surface area contributed by atoms with Crippen LogP contribution in [0.5, 0.6) is 0 Å². The molecule has 14 heavy (non-hydrogen) atoms. The first kappa shape index (κ1) is 11.8. The maximum absolute atomic E-state index is 9.91. The van der Waals surface area contributed by atoms with Gasteiger partial charge in [0.05, 0.1) is 10.7 Å². The molecule has 1 aromatic heterocycles. The van der Waals surface area contributed by atoms with Gasteiger partial charge < -0.3 is 14.3 Å². The van der Waals surface area contributed by atoms with Crippen molar-refractivity contribution in [2.24, 2.45) is 5.92 Å². The van der Waals surface area contributed by atoms with Crippen molar-refractivity contribution in [2.75, 3.05) is 13.7 Å².